The monoisotopic (exact) mass is 203 g/mol. The predicted octanol–water partition coefficient (Wildman–Crippen LogP) is 4.43. The van der Waals surface area contributed by atoms with Gasteiger partial charge in [0.25, 0.3) is 0 Å². The maximum atomic E-state index is 4.65. The SMILES string of the molecule is C/C=C\C1=NC(CC/C(C)=C/C)=C(C)C1. The van der Waals surface area contributed by atoms with Gasteiger partial charge < -0.3 is 0 Å². The van der Waals surface area contributed by atoms with Crippen LogP contribution in [0.4, 0.5) is 0 Å². The van der Waals surface area contributed by atoms with Crippen molar-refractivity contribution in [1.29, 1.82) is 0 Å². The molecule has 0 fully saturated rings. The number of nitrogens with zero attached hydrogens (tertiary/aromatic N) is 1. The highest BCUT2D eigenvalue weighted by molar-refractivity contribution is 5.99. The molecular weight excluding hydrogens is 182 g/mol. The average Bonchev–Trinajstić information content (AvgIpc) is 2.56. The van der Waals surface area contributed by atoms with Gasteiger partial charge in [-0.2, -0.15) is 0 Å². The molecule has 0 N–H and O–H groups in total. The molecule has 0 atom stereocenters. The van der Waals surface area contributed by atoms with E-state index in [-0.39, 0.29) is 0 Å². The lowest BCUT2D eigenvalue weighted by atomic mass is 10.1. The van der Waals surface area contributed by atoms with Crippen LogP contribution in [0.1, 0.15) is 47.0 Å². The average molecular weight is 203 g/mol. The number of hydrogen-bond acceptors (Lipinski definition) is 1. The van der Waals surface area contributed by atoms with Crippen molar-refractivity contribution < 1.29 is 0 Å². The molecule has 0 bridgehead atoms. The Morgan fingerprint density at radius 1 is 1.40 bits per heavy atom. The Balaban J connectivity index is 2.58. The Hall–Kier alpha value is -1.11. The molecule has 1 aliphatic rings. The van der Waals surface area contributed by atoms with Crippen molar-refractivity contribution in [2.24, 2.45) is 4.99 Å². The summed E-state index contributed by atoms with van der Waals surface area (Å²) in [5, 5.41) is 0. The molecule has 1 nitrogen and oxygen atoms in total. The smallest absolute Gasteiger partial charge is 0.0444 e. The standard InChI is InChI=1S/C14H21N/c1-5-7-13-10-12(4)14(15-13)9-8-11(3)6-2/h5-7H,8-10H2,1-4H3/b7-5-,11-6+. The predicted molar refractivity (Wildman–Crippen MR) is 68.2 cm³/mol. The Kier molecular flexibility index (Phi) is 4.54. The third-order valence-electron chi connectivity index (χ3n) is 2.83. The molecule has 0 spiro atoms. The second-order valence-corrected chi connectivity index (χ2v) is 4.14. The fourth-order valence-electron chi connectivity index (χ4n) is 1.70. The molecule has 0 saturated carbocycles. The van der Waals surface area contributed by atoms with E-state index in [1.54, 1.807) is 0 Å². The highest BCUT2D eigenvalue weighted by atomic mass is 14.8. The second-order valence-electron chi connectivity index (χ2n) is 4.14. The van der Waals surface area contributed by atoms with Crippen molar-refractivity contribution in [3.8, 4) is 0 Å². The van der Waals surface area contributed by atoms with Crippen LogP contribution in [-0.2, 0) is 0 Å². The summed E-state index contributed by atoms with van der Waals surface area (Å²) >= 11 is 0. The van der Waals surface area contributed by atoms with Crippen LogP contribution in [0.15, 0.2) is 40.1 Å². The summed E-state index contributed by atoms with van der Waals surface area (Å²) in [6, 6.07) is 0. The van der Waals surface area contributed by atoms with E-state index in [0.29, 0.717) is 0 Å². The molecule has 1 heteroatoms. The van der Waals surface area contributed by atoms with Crippen LogP contribution in [0.3, 0.4) is 0 Å². The first kappa shape index (κ1) is 12.0. The third-order valence-corrected chi connectivity index (χ3v) is 2.83. The lowest BCUT2D eigenvalue weighted by molar-refractivity contribution is 0.901. The van der Waals surface area contributed by atoms with Crippen molar-refractivity contribution in [2.45, 2.75) is 47.0 Å². The van der Waals surface area contributed by atoms with E-state index in [1.165, 1.54) is 22.6 Å². The van der Waals surface area contributed by atoms with Crippen molar-refractivity contribution in [1.82, 2.24) is 0 Å². The van der Waals surface area contributed by atoms with Gasteiger partial charge in [0, 0.05) is 17.8 Å². The third kappa shape index (κ3) is 3.50. The van der Waals surface area contributed by atoms with Gasteiger partial charge in [0.1, 0.15) is 0 Å². The van der Waals surface area contributed by atoms with Gasteiger partial charge >= 0.3 is 0 Å². The van der Waals surface area contributed by atoms with Gasteiger partial charge in [0.05, 0.1) is 0 Å². The van der Waals surface area contributed by atoms with Crippen molar-refractivity contribution in [3.05, 3.63) is 35.1 Å². The van der Waals surface area contributed by atoms with Crippen molar-refractivity contribution in [3.63, 3.8) is 0 Å². The zero-order valence-electron chi connectivity index (χ0n) is 10.3. The normalized spacial score (nSPS) is 17.9. The van der Waals surface area contributed by atoms with Gasteiger partial charge in [-0.25, -0.2) is 0 Å². The van der Waals surface area contributed by atoms with Crippen LogP contribution in [0.25, 0.3) is 0 Å². The van der Waals surface area contributed by atoms with E-state index in [0.717, 1.165) is 19.3 Å². The van der Waals surface area contributed by atoms with Crippen molar-refractivity contribution in [2.75, 3.05) is 0 Å². The minimum Gasteiger partial charge on any atom is -0.258 e. The molecule has 0 radical (unpaired) electrons. The van der Waals surface area contributed by atoms with E-state index in [9.17, 15) is 0 Å². The van der Waals surface area contributed by atoms with E-state index < -0.39 is 0 Å². The molecule has 0 aromatic heterocycles. The first-order valence-corrected chi connectivity index (χ1v) is 5.68. The van der Waals surface area contributed by atoms with E-state index in [4.69, 9.17) is 0 Å². The molecule has 0 unspecified atom stereocenters. The van der Waals surface area contributed by atoms with E-state index in [1.807, 2.05) is 6.92 Å². The lowest BCUT2D eigenvalue weighted by Crippen LogP contribution is -1.86. The van der Waals surface area contributed by atoms with Crippen LogP contribution in [-0.4, -0.2) is 5.71 Å². The summed E-state index contributed by atoms with van der Waals surface area (Å²) in [4.78, 5) is 4.65. The van der Waals surface area contributed by atoms with Gasteiger partial charge in [-0.15, -0.1) is 0 Å². The van der Waals surface area contributed by atoms with Gasteiger partial charge in [0.15, 0.2) is 0 Å². The summed E-state index contributed by atoms with van der Waals surface area (Å²) in [6.07, 6.45) is 9.61. The van der Waals surface area contributed by atoms with Crippen LogP contribution in [0.5, 0.6) is 0 Å². The summed E-state index contributed by atoms with van der Waals surface area (Å²) < 4.78 is 0. The Morgan fingerprint density at radius 3 is 2.73 bits per heavy atom. The summed E-state index contributed by atoms with van der Waals surface area (Å²) in [6.45, 7) is 8.52. The van der Waals surface area contributed by atoms with E-state index >= 15 is 0 Å². The van der Waals surface area contributed by atoms with Crippen LogP contribution in [0, 0.1) is 0 Å². The molecule has 1 aliphatic heterocycles. The molecule has 15 heavy (non-hydrogen) atoms. The number of rotatable bonds is 4. The quantitative estimate of drug-likeness (QED) is 0.599. The minimum absolute atomic E-state index is 1.04. The van der Waals surface area contributed by atoms with Crippen LogP contribution >= 0.6 is 0 Å². The Morgan fingerprint density at radius 2 is 2.13 bits per heavy atom. The van der Waals surface area contributed by atoms with Gasteiger partial charge in [-0.05, 0) is 52.2 Å². The number of hydrogen-bond donors (Lipinski definition) is 0. The fraction of sp³-hybridized carbons (Fsp3) is 0.500. The molecular formula is C14H21N. The molecule has 1 heterocycles. The fourth-order valence-corrected chi connectivity index (χ4v) is 1.70. The Labute approximate surface area is 93.3 Å². The lowest BCUT2D eigenvalue weighted by Gasteiger charge is -2.01. The second kappa shape index (κ2) is 5.69. The largest absolute Gasteiger partial charge is 0.258 e. The van der Waals surface area contributed by atoms with Crippen LogP contribution in [0.2, 0.25) is 0 Å². The zero-order chi connectivity index (χ0) is 11.3. The summed E-state index contributed by atoms with van der Waals surface area (Å²) in [5.41, 5.74) is 5.39. The maximum Gasteiger partial charge on any atom is 0.0444 e. The number of aliphatic imine (C=N–C) groups is 1. The Bertz CT molecular complexity index is 340. The zero-order valence-corrected chi connectivity index (χ0v) is 10.3. The van der Waals surface area contributed by atoms with Gasteiger partial charge in [-0.1, -0.05) is 17.7 Å². The molecule has 0 aliphatic carbocycles. The molecule has 1 rings (SSSR count). The number of allylic oxidation sites excluding steroid dienone is 6. The molecule has 0 amide bonds. The molecule has 0 aromatic rings. The highest BCUT2D eigenvalue weighted by Gasteiger charge is 2.11. The first-order chi connectivity index (χ1) is 7.17. The van der Waals surface area contributed by atoms with Crippen LogP contribution < -0.4 is 0 Å². The van der Waals surface area contributed by atoms with E-state index in [2.05, 4.69) is 44.0 Å². The molecule has 82 valence electrons. The minimum atomic E-state index is 1.04. The molecule has 0 saturated heterocycles. The first-order valence-electron chi connectivity index (χ1n) is 5.68. The van der Waals surface area contributed by atoms with Gasteiger partial charge in [0.2, 0.25) is 0 Å². The molecule has 0 aromatic carbocycles. The summed E-state index contributed by atoms with van der Waals surface area (Å²) in [7, 11) is 0. The van der Waals surface area contributed by atoms with Crippen molar-refractivity contribution >= 4 is 5.71 Å². The highest BCUT2D eigenvalue weighted by Crippen LogP contribution is 2.25. The van der Waals surface area contributed by atoms with Gasteiger partial charge in [-0.3, -0.25) is 4.99 Å². The summed E-state index contributed by atoms with van der Waals surface area (Å²) in [5.74, 6) is 0. The topological polar surface area (TPSA) is 12.4 Å². The maximum absolute atomic E-state index is 4.65.